The summed E-state index contributed by atoms with van der Waals surface area (Å²) in [5, 5.41) is 0.639. The molecule has 0 saturated heterocycles. The first kappa shape index (κ1) is 10.9. The predicted octanol–water partition coefficient (Wildman–Crippen LogP) is 3.02. The number of allylic oxidation sites excluding steroid dienone is 1. The molecule has 0 amide bonds. The number of nitrogens with zero attached hydrogens (tertiary/aromatic N) is 2. The standard InChI is InChI=1S/C9H14Cl2N2/c1-3-7(2)5-13-6-8(10)4-12-9(13)11/h4,6-7,9H,3,5H2,1-2H3. The maximum absolute atomic E-state index is 5.97. The van der Waals surface area contributed by atoms with Crippen LogP contribution in [0.2, 0.25) is 0 Å². The molecule has 1 rings (SSSR count). The van der Waals surface area contributed by atoms with Gasteiger partial charge in [0.25, 0.3) is 0 Å². The molecule has 0 aromatic carbocycles. The summed E-state index contributed by atoms with van der Waals surface area (Å²) in [5.41, 5.74) is -0.295. The van der Waals surface area contributed by atoms with Crippen LogP contribution >= 0.6 is 23.2 Å². The third-order valence-electron chi connectivity index (χ3n) is 2.10. The summed E-state index contributed by atoms with van der Waals surface area (Å²) < 4.78 is 0. The van der Waals surface area contributed by atoms with E-state index in [9.17, 15) is 0 Å². The maximum Gasteiger partial charge on any atom is 0.197 e. The van der Waals surface area contributed by atoms with Gasteiger partial charge < -0.3 is 4.90 Å². The van der Waals surface area contributed by atoms with E-state index in [1.807, 2.05) is 11.1 Å². The molecule has 0 saturated carbocycles. The number of aliphatic imine (C=N–C) groups is 1. The van der Waals surface area contributed by atoms with Gasteiger partial charge in [0.15, 0.2) is 5.62 Å². The first-order chi connectivity index (χ1) is 6.13. The second-order valence-electron chi connectivity index (χ2n) is 3.31. The Balaban J connectivity index is 2.54. The Labute approximate surface area is 89.2 Å². The van der Waals surface area contributed by atoms with Crippen LogP contribution in [0.1, 0.15) is 20.3 Å². The summed E-state index contributed by atoms with van der Waals surface area (Å²) in [5.74, 6) is 0.607. The number of rotatable bonds is 3. The van der Waals surface area contributed by atoms with Crippen LogP contribution in [0.15, 0.2) is 16.2 Å². The maximum atomic E-state index is 5.97. The van der Waals surface area contributed by atoms with E-state index in [0.717, 1.165) is 13.0 Å². The molecule has 0 aliphatic carbocycles. The van der Waals surface area contributed by atoms with Crippen LogP contribution in [0.4, 0.5) is 0 Å². The van der Waals surface area contributed by atoms with Gasteiger partial charge in [0.2, 0.25) is 0 Å². The lowest BCUT2D eigenvalue weighted by Gasteiger charge is -2.28. The van der Waals surface area contributed by atoms with Crippen molar-refractivity contribution in [2.75, 3.05) is 6.54 Å². The van der Waals surface area contributed by atoms with E-state index in [-0.39, 0.29) is 5.62 Å². The highest BCUT2D eigenvalue weighted by Crippen LogP contribution is 2.18. The molecule has 1 aliphatic heterocycles. The third kappa shape index (κ3) is 3.20. The topological polar surface area (TPSA) is 15.6 Å². The molecule has 2 nitrogen and oxygen atoms in total. The van der Waals surface area contributed by atoms with Gasteiger partial charge in [-0.25, -0.2) is 0 Å². The van der Waals surface area contributed by atoms with Gasteiger partial charge in [-0.2, -0.15) is 0 Å². The molecule has 0 fully saturated rings. The lowest BCUT2D eigenvalue weighted by molar-refractivity contribution is 0.296. The second kappa shape index (κ2) is 4.87. The minimum atomic E-state index is -0.295. The van der Waals surface area contributed by atoms with Crippen LogP contribution in [-0.2, 0) is 0 Å². The lowest BCUT2D eigenvalue weighted by Crippen LogP contribution is -2.31. The summed E-state index contributed by atoms with van der Waals surface area (Å²) >= 11 is 11.8. The van der Waals surface area contributed by atoms with E-state index in [1.165, 1.54) is 0 Å². The fraction of sp³-hybridized carbons (Fsp3) is 0.667. The van der Waals surface area contributed by atoms with Crippen molar-refractivity contribution in [2.24, 2.45) is 10.9 Å². The average molecular weight is 221 g/mol. The van der Waals surface area contributed by atoms with Crippen LogP contribution in [0.5, 0.6) is 0 Å². The Kier molecular flexibility index (Phi) is 4.07. The van der Waals surface area contributed by atoms with Crippen LogP contribution < -0.4 is 0 Å². The van der Waals surface area contributed by atoms with E-state index in [0.29, 0.717) is 11.0 Å². The quantitative estimate of drug-likeness (QED) is 0.528. The van der Waals surface area contributed by atoms with Gasteiger partial charge in [0.05, 0.1) is 5.03 Å². The molecule has 0 spiro atoms. The normalized spacial score (nSPS) is 24.5. The van der Waals surface area contributed by atoms with Gasteiger partial charge in [0.1, 0.15) is 0 Å². The van der Waals surface area contributed by atoms with Crippen molar-refractivity contribution >= 4 is 29.4 Å². The van der Waals surface area contributed by atoms with Crippen molar-refractivity contribution in [1.82, 2.24) is 4.90 Å². The van der Waals surface area contributed by atoms with Crippen molar-refractivity contribution in [3.8, 4) is 0 Å². The van der Waals surface area contributed by atoms with Crippen molar-refractivity contribution < 1.29 is 0 Å². The van der Waals surface area contributed by atoms with Crippen molar-refractivity contribution in [1.29, 1.82) is 0 Å². The average Bonchev–Trinajstić information content (AvgIpc) is 2.11. The zero-order chi connectivity index (χ0) is 9.84. The van der Waals surface area contributed by atoms with Gasteiger partial charge in [0, 0.05) is 19.0 Å². The summed E-state index contributed by atoms with van der Waals surface area (Å²) in [6.07, 6.45) is 4.57. The SMILES string of the molecule is CCC(C)CN1C=C(Cl)C=NC1Cl. The summed E-state index contributed by atoms with van der Waals surface area (Å²) in [4.78, 5) is 6.00. The molecule has 1 heterocycles. The highest BCUT2D eigenvalue weighted by Gasteiger charge is 2.16. The summed E-state index contributed by atoms with van der Waals surface area (Å²) in [6.45, 7) is 5.24. The highest BCUT2D eigenvalue weighted by molar-refractivity contribution is 6.39. The molecule has 0 aromatic rings. The minimum absolute atomic E-state index is 0.295. The van der Waals surface area contributed by atoms with E-state index >= 15 is 0 Å². The second-order valence-corrected chi connectivity index (χ2v) is 4.14. The molecule has 0 bridgehead atoms. The van der Waals surface area contributed by atoms with E-state index < -0.39 is 0 Å². The van der Waals surface area contributed by atoms with Crippen LogP contribution in [0, 0.1) is 5.92 Å². The zero-order valence-corrected chi connectivity index (χ0v) is 9.39. The summed E-state index contributed by atoms with van der Waals surface area (Å²) in [6, 6.07) is 0. The summed E-state index contributed by atoms with van der Waals surface area (Å²) in [7, 11) is 0. The van der Waals surface area contributed by atoms with Crippen LogP contribution in [0.3, 0.4) is 0 Å². The smallest absolute Gasteiger partial charge is 0.197 e. The largest absolute Gasteiger partial charge is 0.342 e. The number of alkyl halides is 1. The molecule has 2 atom stereocenters. The third-order valence-corrected chi connectivity index (χ3v) is 2.66. The van der Waals surface area contributed by atoms with Gasteiger partial charge in [-0.15, -0.1) is 0 Å². The first-order valence-electron chi connectivity index (χ1n) is 4.43. The monoisotopic (exact) mass is 220 g/mol. The van der Waals surface area contributed by atoms with Gasteiger partial charge >= 0.3 is 0 Å². The van der Waals surface area contributed by atoms with Crippen LogP contribution in [-0.4, -0.2) is 23.3 Å². The van der Waals surface area contributed by atoms with Crippen LogP contribution in [0.25, 0.3) is 0 Å². The Morgan fingerprint density at radius 3 is 3.00 bits per heavy atom. The fourth-order valence-corrected chi connectivity index (χ4v) is 1.47. The highest BCUT2D eigenvalue weighted by atomic mass is 35.5. The Morgan fingerprint density at radius 2 is 2.38 bits per heavy atom. The van der Waals surface area contributed by atoms with Gasteiger partial charge in [-0.1, -0.05) is 43.5 Å². The molecule has 2 unspecified atom stereocenters. The van der Waals surface area contributed by atoms with Gasteiger partial charge in [-0.05, 0) is 5.92 Å². The van der Waals surface area contributed by atoms with E-state index in [4.69, 9.17) is 23.2 Å². The molecule has 74 valence electrons. The number of halogens is 2. The molecule has 13 heavy (non-hydrogen) atoms. The zero-order valence-electron chi connectivity index (χ0n) is 7.87. The molecule has 4 heteroatoms. The molecule has 0 N–H and O–H groups in total. The van der Waals surface area contributed by atoms with Crippen molar-refractivity contribution in [3.63, 3.8) is 0 Å². The van der Waals surface area contributed by atoms with Gasteiger partial charge in [-0.3, -0.25) is 4.99 Å². The molecule has 0 radical (unpaired) electrons. The Bertz CT molecular complexity index is 226. The molecular formula is C9H14Cl2N2. The van der Waals surface area contributed by atoms with Crippen molar-refractivity contribution in [2.45, 2.75) is 25.9 Å². The number of hydrogen-bond donors (Lipinski definition) is 0. The Morgan fingerprint density at radius 1 is 1.69 bits per heavy atom. The predicted molar refractivity (Wildman–Crippen MR) is 58.2 cm³/mol. The van der Waals surface area contributed by atoms with E-state index in [1.54, 1.807) is 6.21 Å². The molecule has 1 aliphatic rings. The van der Waals surface area contributed by atoms with Crippen molar-refractivity contribution in [3.05, 3.63) is 11.2 Å². The van der Waals surface area contributed by atoms with E-state index in [2.05, 4.69) is 18.8 Å². The number of hydrogen-bond acceptors (Lipinski definition) is 2. The first-order valence-corrected chi connectivity index (χ1v) is 5.25. The minimum Gasteiger partial charge on any atom is -0.342 e. The molecule has 0 aromatic heterocycles. The fourth-order valence-electron chi connectivity index (χ4n) is 1.10. The Hall–Kier alpha value is -0.210. The molecular weight excluding hydrogens is 207 g/mol. The lowest BCUT2D eigenvalue weighted by atomic mass is 10.1.